The molecule has 0 N–H and O–H groups in total. The van der Waals surface area contributed by atoms with Crippen LogP contribution in [0.3, 0.4) is 0 Å². The minimum atomic E-state index is -0.570. The molecule has 0 heterocycles. The van der Waals surface area contributed by atoms with E-state index < -0.39 is 5.24 Å². The van der Waals surface area contributed by atoms with Gasteiger partial charge in [-0.1, -0.05) is 17.7 Å². The van der Waals surface area contributed by atoms with E-state index in [4.69, 9.17) is 34.8 Å². The lowest BCUT2D eigenvalue weighted by Gasteiger charge is -2.12. The van der Waals surface area contributed by atoms with Crippen molar-refractivity contribution in [3.05, 3.63) is 22.8 Å². The van der Waals surface area contributed by atoms with Gasteiger partial charge in [0, 0.05) is 10.6 Å². The smallest absolute Gasteiger partial charge is 0.251 e. The van der Waals surface area contributed by atoms with Gasteiger partial charge in [0.05, 0.1) is 5.38 Å². The third-order valence-electron chi connectivity index (χ3n) is 1.39. The monoisotopic (exact) mass is 210 g/mol. The van der Waals surface area contributed by atoms with Crippen LogP contribution < -0.4 is 0 Å². The number of hydrogen-bond acceptors (Lipinski definition) is 1. The van der Waals surface area contributed by atoms with Crippen LogP contribution in [0, 0.1) is 0 Å². The second-order valence-electron chi connectivity index (χ2n) is 2.14. The summed E-state index contributed by atoms with van der Waals surface area (Å²) in [4.78, 5) is 10.7. The first-order valence-electron chi connectivity index (χ1n) is 3.03. The number of halogens is 3. The van der Waals surface area contributed by atoms with Crippen LogP contribution in [0.5, 0.6) is 0 Å². The van der Waals surface area contributed by atoms with Gasteiger partial charge in [-0.05, 0) is 24.1 Å². The van der Waals surface area contributed by atoms with Crippen LogP contribution in [0.1, 0.15) is 6.42 Å². The Morgan fingerprint density at radius 3 is 2.64 bits per heavy atom. The summed E-state index contributed by atoms with van der Waals surface area (Å²) in [6.45, 7) is 0. The molecule has 11 heavy (non-hydrogen) atoms. The number of carbonyl (C=O) groups excluding carboxylic acids is 1. The minimum absolute atomic E-state index is 0.303. The van der Waals surface area contributed by atoms with Crippen molar-refractivity contribution >= 4 is 40.0 Å². The van der Waals surface area contributed by atoms with Crippen LogP contribution in [0.2, 0.25) is 0 Å². The summed E-state index contributed by atoms with van der Waals surface area (Å²) in [6.07, 6.45) is 4.05. The molecule has 1 atom stereocenters. The molecule has 1 nitrogen and oxygen atoms in total. The van der Waals surface area contributed by atoms with Gasteiger partial charge in [0.1, 0.15) is 0 Å². The van der Waals surface area contributed by atoms with Crippen molar-refractivity contribution in [2.45, 2.75) is 11.8 Å². The van der Waals surface area contributed by atoms with Crippen molar-refractivity contribution in [1.29, 1.82) is 0 Å². The summed E-state index contributed by atoms with van der Waals surface area (Å²) in [7, 11) is 0. The number of carbonyl (C=O) groups is 1. The first-order chi connectivity index (χ1) is 5.13. The van der Waals surface area contributed by atoms with Gasteiger partial charge in [0.25, 0.3) is 5.24 Å². The van der Waals surface area contributed by atoms with Gasteiger partial charge in [0.2, 0.25) is 0 Å². The Hall–Kier alpha value is 0.0200. The lowest BCUT2D eigenvalue weighted by atomic mass is 10.1. The molecule has 0 aromatic heterocycles. The molecular formula is C7H5Cl3O. The van der Waals surface area contributed by atoms with E-state index in [1.54, 1.807) is 6.08 Å². The highest BCUT2D eigenvalue weighted by molar-refractivity contribution is 6.69. The van der Waals surface area contributed by atoms with Crippen LogP contribution in [0.25, 0.3) is 0 Å². The molecule has 0 spiro atoms. The highest BCUT2D eigenvalue weighted by Gasteiger charge is 2.21. The van der Waals surface area contributed by atoms with Crippen molar-refractivity contribution in [2.24, 2.45) is 0 Å². The van der Waals surface area contributed by atoms with Crippen molar-refractivity contribution < 1.29 is 4.79 Å². The normalized spacial score (nSPS) is 24.1. The molecule has 0 bridgehead atoms. The predicted molar refractivity (Wildman–Crippen MR) is 47.1 cm³/mol. The maximum absolute atomic E-state index is 10.7. The summed E-state index contributed by atoms with van der Waals surface area (Å²) in [6, 6.07) is 0. The van der Waals surface area contributed by atoms with E-state index in [0.29, 0.717) is 17.0 Å². The fourth-order valence-corrected chi connectivity index (χ4v) is 1.88. The van der Waals surface area contributed by atoms with Crippen LogP contribution in [-0.2, 0) is 4.79 Å². The van der Waals surface area contributed by atoms with Crippen LogP contribution in [0.15, 0.2) is 22.8 Å². The Bertz CT molecular complexity index is 242. The Morgan fingerprint density at radius 1 is 1.64 bits per heavy atom. The fourth-order valence-electron chi connectivity index (χ4n) is 0.865. The second kappa shape index (κ2) is 3.61. The van der Waals surface area contributed by atoms with Gasteiger partial charge in [-0.2, -0.15) is 0 Å². The summed E-state index contributed by atoms with van der Waals surface area (Å²) < 4.78 is 0. The molecule has 0 fully saturated rings. The van der Waals surface area contributed by atoms with Gasteiger partial charge in [0.15, 0.2) is 0 Å². The molecule has 0 unspecified atom stereocenters. The van der Waals surface area contributed by atoms with Crippen molar-refractivity contribution in [3.63, 3.8) is 0 Å². The zero-order chi connectivity index (χ0) is 8.43. The predicted octanol–water partition coefficient (Wildman–Crippen LogP) is 2.81. The van der Waals surface area contributed by atoms with Crippen LogP contribution in [0.4, 0.5) is 0 Å². The highest BCUT2D eigenvalue weighted by atomic mass is 35.5. The number of allylic oxidation sites excluding steroid dienone is 4. The van der Waals surface area contributed by atoms with E-state index in [9.17, 15) is 4.79 Å². The largest absolute Gasteiger partial charge is 0.276 e. The number of hydrogen-bond donors (Lipinski definition) is 0. The van der Waals surface area contributed by atoms with Crippen molar-refractivity contribution in [1.82, 2.24) is 0 Å². The minimum Gasteiger partial charge on any atom is -0.276 e. The lowest BCUT2D eigenvalue weighted by Crippen LogP contribution is -2.12. The maximum atomic E-state index is 10.7. The zero-order valence-corrected chi connectivity index (χ0v) is 7.75. The molecule has 0 radical (unpaired) electrons. The van der Waals surface area contributed by atoms with Crippen molar-refractivity contribution in [2.75, 3.05) is 0 Å². The fraction of sp³-hybridized carbons (Fsp3) is 0.286. The SMILES string of the molecule is O=C(Cl)C1=C(Cl)C=CC[C@H]1Cl. The van der Waals surface area contributed by atoms with Gasteiger partial charge < -0.3 is 0 Å². The molecular weight excluding hydrogens is 206 g/mol. The lowest BCUT2D eigenvalue weighted by molar-refractivity contribution is -0.108. The first-order valence-corrected chi connectivity index (χ1v) is 4.22. The molecule has 1 rings (SSSR count). The highest BCUT2D eigenvalue weighted by Crippen LogP contribution is 2.27. The molecule has 60 valence electrons. The third-order valence-corrected chi connectivity index (χ3v) is 2.32. The molecule has 0 aromatic carbocycles. The van der Waals surface area contributed by atoms with E-state index in [2.05, 4.69) is 0 Å². The first kappa shape index (κ1) is 9.11. The summed E-state index contributed by atoms with van der Waals surface area (Å²) in [5, 5.41) is -0.604. The van der Waals surface area contributed by atoms with E-state index in [0.717, 1.165) is 0 Å². The second-order valence-corrected chi connectivity index (χ2v) is 3.42. The van der Waals surface area contributed by atoms with Gasteiger partial charge in [-0.3, -0.25) is 4.79 Å². The average molecular weight is 211 g/mol. The van der Waals surface area contributed by atoms with Gasteiger partial charge in [-0.15, -0.1) is 11.6 Å². The molecule has 0 saturated heterocycles. The molecule has 0 aromatic rings. The quantitative estimate of drug-likeness (QED) is 0.481. The van der Waals surface area contributed by atoms with E-state index in [1.165, 1.54) is 0 Å². The Balaban J connectivity index is 3.01. The van der Waals surface area contributed by atoms with Gasteiger partial charge >= 0.3 is 0 Å². The zero-order valence-electron chi connectivity index (χ0n) is 5.48. The number of alkyl halides is 1. The maximum Gasteiger partial charge on any atom is 0.251 e. The van der Waals surface area contributed by atoms with E-state index >= 15 is 0 Å². The topological polar surface area (TPSA) is 17.1 Å². The van der Waals surface area contributed by atoms with Crippen molar-refractivity contribution in [3.8, 4) is 0 Å². The standard InChI is InChI=1S/C7H5Cl3O/c8-4-2-1-3-5(9)6(4)7(10)11/h1-2,5H,3H2/t5-/m1/s1. The molecule has 0 saturated carbocycles. The molecule has 0 aliphatic heterocycles. The van der Waals surface area contributed by atoms with Crippen LogP contribution >= 0.6 is 34.8 Å². The summed E-state index contributed by atoms with van der Waals surface area (Å²) >= 11 is 16.7. The average Bonchev–Trinajstić information content (AvgIpc) is 1.85. The Kier molecular flexibility index (Phi) is 2.99. The Labute approximate surface area is 79.6 Å². The molecule has 1 aliphatic rings. The van der Waals surface area contributed by atoms with E-state index in [-0.39, 0.29) is 5.38 Å². The third kappa shape index (κ3) is 1.98. The number of rotatable bonds is 1. The Morgan fingerprint density at radius 2 is 2.27 bits per heavy atom. The molecule has 1 aliphatic carbocycles. The van der Waals surface area contributed by atoms with E-state index in [1.807, 2.05) is 6.08 Å². The molecule has 4 heteroatoms. The summed E-state index contributed by atoms with van der Waals surface area (Å²) in [5.74, 6) is 0. The summed E-state index contributed by atoms with van der Waals surface area (Å²) in [5.41, 5.74) is 0.303. The molecule has 0 amide bonds. The van der Waals surface area contributed by atoms with Gasteiger partial charge in [-0.25, -0.2) is 0 Å². The van der Waals surface area contributed by atoms with Crippen LogP contribution in [-0.4, -0.2) is 10.6 Å².